The summed E-state index contributed by atoms with van der Waals surface area (Å²) in [6, 6.07) is 8.37. The lowest BCUT2D eigenvalue weighted by molar-refractivity contribution is -0.145. The monoisotopic (exact) mass is 388 g/mol. The van der Waals surface area contributed by atoms with Crippen LogP contribution in [0.1, 0.15) is 65.0 Å². The maximum absolute atomic E-state index is 11.8. The molecule has 0 amide bonds. The van der Waals surface area contributed by atoms with Crippen molar-refractivity contribution in [3.63, 3.8) is 0 Å². The van der Waals surface area contributed by atoms with Crippen LogP contribution in [0.5, 0.6) is 0 Å². The van der Waals surface area contributed by atoms with Crippen LogP contribution in [-0.2, 0) is 15.6 Å². The zero-order valence-electron chi connectivity index (χ0n) is 18.1. The predicted octanol–water partition coefficient (Wildman–Crippen LogP) is 6.30. The van der Waals surface area contributed by atoms with Crippen LogP contribution >= 0.6 is 0 Å². The molecule has 1 aromatic rings. The predicted molar refractivity (Wildman–Crippen MR) is 115 cm³/mol. The number of carboxylic acid groups (broad SMARTS) is 1. The van der Waals surface area contributed by atoms with Crippen molar-refractivity contribution < 1.29 is 14.3 Å². The summed E-state index contributed by atoms with van der Waals surface area (Å²) in [5, 5.41) is 9.65. The van der Waals surface area contributed by atoms with Crippen molar-refractivity contribution in [3.8, 4) is 0 Å². The summed E-state index contributed by atoms with van der Waals surface area (Å²) in [6.07, 6.45) is 5.42. The fraction of sp³-hybridized carbons (Fsp3) is 0.609. The smallest absolute Gasteiger partial charge is 0.331 e. The average molecular weight is 389 g/mol. The number of carboxylic acids is 1. The van der Waals surface area contributed by atoms with Gasteiger partial charge < -0.3 is 9.53 Å². The highest BCUT2D eigenvalue weighted by atomic mass is 28.4. The Morgan fingerprint density at radius 2 is 1.81 bits per heavy atom. The van der Waals surface area contributed by atoms with E-state index in [0.29, 0.717) is 11.8 Å². The molecule has 0 radical (unpaired) electrons. The molecule has 0 fully saturated rings. The fourth-order valence-corrected chi connectivity index (χ4v) is 4.37. The zero-order valence-corrected chi connectivity index (χ0v) is 19.1. The molecule has 0 heterocycles. The Morgan fingerprint density at radius 3 is 2.26 bits per heavy atom. The first kappa shape index (κ1) is 21.9. The third kappa shape index (κ3) is 5.79. The van der Waals surface area contributed by atoms with Crippen LogP contribution in [-0.4, -0.2) is 25.5 Å². The number of hydrogen-bond donors (Lipinski definition) is 1. The molecule has 1 aliphatic carbocycles. The minimum Gasteiger partial charge on any atom is -0.479 e. The maximum Gasteiger partial charge on any atom is 0.331 e. The van der Waals surface area contributed by atoms with Crippen molar-refractivity contribution in [1.29, 1.82) is 0 Å². The molecule has 1 aromatic carbocycles. The Balaban J connectivity index is 2.09. The third-order valence-electron chi connectivity index (χ3n) is 6.24. The summed E-state index contributed by atoms with van der Waals surface area (Å²) in [6.45, 7) is 15.2. The Hall–Kier alpha value is -1.39. The summed E-state index contributed by atoms with van der Waals surface area (Å²) in [5.41, 5.74) is 4.08. The molecule has 0 aromatic heterocycles. The lowest BCUT2D eigenvalue weighted by atomic mass is 9.77. The van der Waals surface area contributed by atoms with E-state index in [-0.39, 0.29) is 5.04 Å². The lowest BCUT2D eigenvalue weighted by Crippen LogP contribution is -2.46. The van der Waals surface area contributed by atoms with Gasteiger partial charge in [-0.3, -0.25) is 0 Å². The first-order valence-corrected chi connectivity index (χ1v) is 12.9. The number of carbonyl (C=O) groups is 1. The van der Waals surface area contributed by atoms with Gasteiger partial charge in [0.15, 0.2) is 8.32 Å². The quantitative estimate of drug-likeness (QED) is 0.582. The molecule has 0 saturated carbocycles. The van der Waals surface area contributed by atoms with Crippen LogP contribution < -0.4 is 0 Å². The summed E-state index contributed by atoms with van der Waals surface area (Å²) in [4.78, 5) is 11.8. The highest BCUT2D eigenvalue weighted by Gasteiger charge is 2.40. The second-order valence-electron chi connectivity index (χ2n) is 10.2. The number of allylic oxidation sites excluding steroid dienone is 2. The first-order valence-electron chi connectivity index (χ1n) is 10.00. The van der Waals surface area contributed by atoms with Crippen molar-refractivity contribution in [1.82, 2.24) is 0 Å². The van der Waals surface area contributed by atoms with Crippen molar-refractivity contribution in [3.05, 3.63) is 41.5 Å². The van der Waals surface area contributed by atoms with E-state index in [4.69, 9.17) is 4.43 Å². The molecule has 2 rings (SSSR count). The number of rotatable bonds is 6. The van der Waals surface area contributed by atoms with Crippen LogP contribution in [0.25, 0.3) is 5.57 Å². The lowest BCUT2D eigenvalue weighted by Gasteiger charge is -2.38. The van der Waals surface area contributed by atoms with Gasteiger partial charge in [0.05, 0.1) is 0 Å². The molecule has 4 heteroatoms. The van der Waals surface area contributed by atoms with E-state index in [2.05, 4.69) is 78.1 Å². The second kappa shape index (κ2) is 7.92. The van der Waals surface area contributed by atoms with Crippen LogP contribution in [0, 0.1) is 5.41 Å². The second-order valence-corrected chi connectivity index (χ2v) is 15.0. The minimum atomic E-state index is -2.13. The fourth-order valence-electron chi connectivity index (χ4n) is 3.12. The normalized spacial score (nSPS) is 18.7. The summed E-state index contributed by atoms with van der Waals surface area (Å²) < 4.78 is 6.17. The van der Waals surface area contributed by atoms with Gasteiger partial charge in [0, 0.05) is 6.42 Å². The molecular weight excluding hydrogens is 352 g/mol. The van der Waals surface area contributed by atoms with Gasteiger partial charge in [0.2, 0.25) is 0 Å². The van der Waals surface area contributed by atoms with E-state index in [0.717, 1.165) is 18.4 Å². The number of hydrogen-bond acceptors (Lipinski definition) is 2. The SMILES string of the molecule is CC1(C)CC=C(c2ccc(CC(O[Si](C)(C)C(C)(C)C)C(=O)O)cc2)CC1. The average Bonchev–Trinajstić information content (AvgIpc) is 2.54. The number of aliphatic carboxylic acids is 1. The van der Waals surface area contributed by atoms with Crippen LogP contribution in [0.2, 0.25) is 18.1 Å². The van der Waals surface area contributed by atoms with Gasteiger partial charge in [-0.25, -0.2) is 4.79 Å². The summed E-state index contributed by atoms with van der Waals surface area (Å²) in [7, 11) is -2.13. The molecule has 1 unspecified atom stereocenters. The summed E-state index contributed by atoms with van der Waals surface area (Å²) >= 11 is 0. The van der Waals surface area contributed by atoms with Crippen LogP contribution in [0.3, 0.4) is 0 Å². The molecule has 3 nitrogen and oxygen atoms in total. The van der Waals surface area contributed by atoms with Gasteiger partial charge in [-0.1, -0.05) is 65.0 Å². The molecule has 150 valence electrons. The standard InChI is InChI=1S/C23H36O3Si/c1-22(2,3)27(6,7)26-20(21(24)25)16-17-8-10-18(11-9-17)19-12-14-23(4,5)15-13-19/h8-12,20H,13-16H2,1-7H3,(H,24,25). The molecule has 0 aliphatic heterocycles. The van der Waals surface area contributed by atoms with E-state index in [1.54, 1.807) is 0 Å². The molecule has 0 bridgehead atoms. The molecule has 1 N–H and O–H groups in total. The van der Waals surface area contributed by atoms with Crippen molar-refractivity contribution in [2.45, 2.75) is 84.5 Å². The first-order chi connectivity index (χ1) is 12.3. The topological polar surface area (TPSA) is 46.5 Å². The highest BCUT2D eigenvalue weighted by Crippen LogP contribution is 2.39. The number of benzene rings is 1. The molecular formula is C23H36O3Si. The summed E-state index contributed by atoms with van der Waals surface area (Å²) in [5.74, 6) is -0.874. The van der Waals surface area contributed by atoms with Gasteiger partial charge in [-0.15, -0.1) is 0 Å². The van der Waals surface area contributed by atoms with Crippen molar-refractivity contribution in [2.24, 2.45) is 5.41 Å². The minimum absolute atomic E-state index is 0.00814. The Labute approximate surface area is 166 Å². The third-order valence-corrected chi connectivity index (χ3v) is 10.7. The van der Waals surface area contributed by atoms with E-state index < -0.39 is 20.4 Å². The van der Waals surface area contributed by atoms with Crippen LogP contribution in [0.4, 0.5) is 0 Å². The Bertz CT molecular complexity index is 693. The zero-order chi connectivity index (χ0) is 20.5. The van der Waals surface area contributed by atoms with Gasteiger partial charge in [0.25, 0.3) is 0 Å². The molecule has 1 atom stereocenters. The van der Waals surface area contributed by atoms with E-state index in [1.807, 2.05) is 0 Å². The Kier molecular flexibility index (Phi) is 6.43. The molecule has 0 saturated heterocycles. The highest BCUT2D eigenvalue weighted by molar-refractivity contribution is 6.74. The van der Waals surface area contributed by atoms with Gasteiger partial charge in [0.1, 0.15) is 6.10 Å². The largest absolute Gasteiger partial charge is 0.479 e. The van der Waals surface area contributed by atoms with E-state index >= 15 is 0 Å². The Morgan fingerprint density at radius 1 is 1.22 bits per heavy atom. The van der Waals surface area contributed by atoms with E-state index in [1.165, 1.54) is 17.6 Å². The van der Waals surface area contributed by atoms with Crippen molar-refractivity contribution in [2.75, 3.05) is 0 Å². The van der Waals surface area contributed by atoms with Gasteiger partial charge >= 0.3 is 5.97 Å². The maximum atomic E-state index is 11.8. The molecule has 27 heavy (non-hydrogen) atoms. The van der Waals surface area contributed by atoms with Crippen molar-refractivity contribution >= 4 is 19.9 Å². The molecule has 0 spiro atoms. The van der Waals surface area contributed by atoms with Gasteiger partial charge in [-0.05, 0) is 59.5 Å². The van der Waals surface area contributed by atoms with Gasteiger partial charge in [-0.2, -0.15) is 0 Å². The van der Waals surface area contributed by atoms with Crippen LogP contribution in [0.15, 0.2) is 30.3 Å². The van der Waals surface area contributed by atoms with E-state index in [9.17, 15) is 9.90 Å². The molecule has 1 aliphatic rings.